The van der Waals surface area contributed by atoms with Gasteiger partial charge in [-0.2, -0.15) is 0 Å². The topological polar surface area (TPSA) is 25.2 Å². The highest BCUT2D eigenvalue weighted by molar-refractivity contribution is 5.14. The average Bonchev–Trinajstić information content (AvgIpc) is 2.69. The maximum Gasteiger partial charge on any atom is 0.123 e. The van der Waals surface area contributed by atoms with Crippen LogP contribution in [0.1, 0.15) is 38.9 Å². The summed E-state index contributed by atoms with van der Waals surface area (Å²) in [7, 11) is 0. The first kappa shape index (κ1) is 9.78. The fourth-order valence-corrected chi connectivity index (χ4v) is 2.54. The van der Waals surface area contributed by atoms with E-state index in [1.807, 2.05) is 6.07 Å². The van der Waals surface area contributed by atoms with Gasteiger partial charge in [0.1, 0.15) is 5.76 Å². The smallest absolute Gasteiger partial charge is 0.123 e. The molecular weight excluding hydrogens is 174 g/mol. The molecule has 1 atom stereocenters. The second kappa shape index (κ2) is 3.77. The summed E-state index contributed by atoms with van der Waals surface area (Å²) in [6.45, 7) is 5.66. The van der Waals surface area contributed by atoms with Crippen LogP contribution in [-0.2, 0) is 5.54 Å². The van der Waals surface area contributed by atoms with Gasteiger partial charge in [-0.1, -0.05) is 13.8 Å². The van der Waals surface area contributed by atoms with Crippen LogP contribution in [0.3, 0.4) is 0 Å². The number of furan rings is 1. The van der Waals surface area contributed by atoms with E-state index in [-0.39, 0.29) is 5.54 Å². The van der Waals surface area contributed by atoms with Crippen LogP contribution in [0.25, 0.3) is 0 Å². The number of hydrogen-bond donors (Lipinski definition) is 1. The number of hydrogen-bond acceptors (Lipinski definition) is 2. The van der Waals surface area contributed by atoms with Crippen molar-refractivity contribution < 1.29 is 4.42 Å². The third-order valence-electron chi connectivity index (χ3n) is 2.99. The zero-order chi connectivity index (χ0) is 10.0. The summed E-state index contributed by atoms with van der Waals surface area (Å²) in [4.78, 5) is 0. The van der Waals surface area contributed by atoms with Crippen LogP contribution >= 0.6 is 0 Å². The predicted molar refractivity (Wildman–Crippen MR) is 57.1 cm³/mol. The van der Waals surface area contributed by atoms with Crippen molar-refractivity contribution in [3.8, 4) is 0 Å². The fourth-order valence-electron chi connectivity index (χ4n) is 2.54. The van der Waals surface area contributed by atoms with Gasteiger partial charge in [-0.25, -0.2) is 0 Å². The van der Waals surface area contributed by atoms with Crippen LogP contribution in [0.2, 0.25) is 0 Å². The van der Waals surface area contributed by atoms with Crippen molar-refractivity contribution in [2.45, 2.75) is 38.6 Å². The quantitative estimate of drug-likeness (QED) is 0.798. The minimum atomic E-state index is 0.123. The molecule has 1 aliphatic rings. The van der Waals surface area contributed by atoms with Crippen molar-refractivity contribution in [2.24, 2.45) is 5.92 Å². The van der Waals surface area contributed by atoms with Crippen LogP contribution in [-0.4, -0.2) is 6.54 Å². The number of rotatable bonds is 3. The van der Waals surface area contributed by atoms with Crippen molar-refractivity contribution in [1.29, 1.82) is 0 Å². The van der Waals surface area contributed by atoms with E-state index < -0.39 is 0 Å². The van der Waals surface area contributed by atoms with E-state index in [9.17, 15) is 0 Å². The predicted octanol–water partition coefficient (Wildman–Crippen LogP) is 2.90. The molecule has 2 heterocycles. The Bertz CT molecular complexity index is 271. The van der Waals surface area contributed by atoms with Crippen molar-refractivity contribution in [1.82, 2.24) is 5.32 Å². The molecule has 2 nitrogen and oxygen atoms in total. The lowest BCUT2D eigenvalue weighted by molar-refractivity contribution is 0.256. The summed E-state index contributed by atoms with van der Waals surface area (Å²) in [6, 6.07) is 4.08. The van der Waals surface area contributed by atoms with Gasteiger partial charge >= 0.3 is 0 Å². The number of nitrogens with one attached hydrogen (secondary N) is 1. The zero-order valence-electron chi connectivity index (χ0n) is 9.05. The second-order valence-corrected chi connectivity index (χ2v) is 4.69. The summed E-state index contributed by atoms with van der Waals surface area (Å²) < 4.78 is 5.56. The largest absolute Gasteiger partial charge is 0.467 e. The molecule has 1 unspecified atom stereocenters. The van der Waals surface area contributed by atoms with Crippen LogP contribution in [0.4, 0.5) is 0 Å². The third-order valence-corrected chi connectivity index (χ3v) is 2.99. The van der Waals surface area contributed by atoms with Crippen LogP contribution in [0.5, 0.6) is 0 Å². The Hall–Kier alpha value is -0.760. The maximum absolute atomic E-state index is 5.56. The molecule has 2 rings (SSSR count). The molecule has 1 saturated heterocycles. The molecule has 1 aliphatic heterocycles. The van der Waals surface area contributed by atoms with Crippen molar-refractivity contribution >= 4 is 0 Å². The lowest BCUT2D eigenvalue weighted by atomic mass is 9.85. The Kier molecular flexibility index (Phi) is 2.64. The molecule has 0 radical (unpaired) electrons. The van der Waals surface area contributed by atoms with E-state index in [0.717, 1.165) is 12.3 Å². The van der Waals surface area contributed by atoms with Crippen LogP contribution in [0, 0.1) is 5.92 Å². The fraction of sp³-hybridized carbons (Fsp3) is 0.667. The molecule has 1 fully saturated rings. The normalized spacial score (nSPS) is 27.4. The second-order valence-electron chi connectivity index (χ2n) is 4.69. The van der Waals surface area contributed by atoms with E-state index in [1.165, 1.54) is 19.3 Å². The van der Waals surface area contributed by atoms with Crippen molar-refractivity contribution in [3.05, 3.63) is 24.2 Å². The van der Waals surface area contributed by atoms with Crippen LogP contribution in [0.15, 0.2) is 22.8 Å². The highest BCUT2D eigenvalue weighted by Gasteiger charge is 2.37. The summed E-state index contributed by atoms with van der Waals surface area (Å²) in [6.07, 6.45) is 5.41. The first-order valence-electron chi connectivity index (χ1n) is 5.52. The summed E-state index contributed by atoms with van der Waals surface area (Å²) >= 11 is 0. The Labute approximate surface area is 85.7 Å². The van der Waals surface area contributed by atoms with Crippen molar-refractivity contribution in [2.75, 3.05) is 6.54 Å². The molecular formula is C12H19NO. The molecule has 78 valence electrons. The average molecular weight is 193 g/mol. The van der Waals surface area contributed by atoms with Gasteiger partial charge < -0.3 is 9.73 Å². The van der Waals surface area contributed by atoms with Gasteiger partial charge in [0.2, 0.25) is 0 Å². The Balaban J connectivity index is 2.22. The molecule has 1 N–H and O–H groups in total. The lowest BCUT2D eigenvalue weighted by Gasteiger charge is -2.29. The first-order chi connectivity index (χ1) is 6.73. The molecule has 2 heteroatoms. The Morgan fingerprint density at radius 2 is 2.43 bits per heavy atom. The van der Waals surface area contributed by atoms with Crippen LogP contribution < -0.4 is 5.32 Å². The molecule has 0 aliphatic carbocycles. The van der Waals surface area contributed by atoms with E-state index in [4.69, 9.17) is 4.42 Å². The monoisotopic (exact) mass is 193 g/mol. The standard InChI is InChI=1S/C12H19NO/c1-10(2)9-12(6-4-7-13-12)11-5-3-8-14-11/h3,5,8,10,13H,4,6-7,9H2,1-2H3. The van der Waals surface area contributed by atoms with Gasteiger partial charge in [0, 0.05) is 0 Å². The summed E-state index contributed by atoms with van der Waals surface area (Å²) in [5, 5.41) is 3.61. The Morgan fingerprint density at radius 3 is 2.93 bits per heavy atom. The van der Waals surface area contributed by atoms with Gasteiger partial charge in [-0.3, -0.25) is 0 Å². The van der Waals surface area contributed by atoms with E-state index in [0.29, 0.717) is 5.92 Å². The SMILES string of the molecule is CC(C)CC1(c2ccco2)CCCN1. The van der Waals surface area contributed by atoms with Gasteiger partial charge in [0.25, 0.3) is 0 Å². The van der Waals surface area contributed by atoms with E-state index >= 15 is 0 Å². The van der Waals surface area contributed by atoms with Gasteiger partial charge in [-0.05, 0) is 43.9 Å². The molecule has 0 bridgehead atoms. The van der Waals surface area contributed by atoms with Gasteiger partial charge in [0.05, 0.1) is 11.8 Å². The minimum absolute atomic E-state index is 0.123. The Morgan fingerprint density at radius 1 is 1.57 bits per heavy atom. The minimum Gasteiger partial charge on any atom is -0.467 e. The van der Waals surface area contributed by atoms with Crippen molar-refractivity contribution in [3.63, 3.8) is 0 Å². The highest BCUT2D eigenvalue weighted by atomic mass is 16.3. The van der Waals surface area contributed by atoms with Gasteiger partial charge in [0.15, 0.2) is 0 Å². The zero-order valence-corrected chi connectivity index (χ0v) is 9.05. The summed E-state index contributed by atoms with van der Waals surface area (Å²) in [5.41, 5.74) is 0.123. The molecule has 0 aromatic carbocycles. The maximum atomic E-state index is 5.56. The summed E-state index contributed by atoms with van der Waals surface area (Å²) in [5.74, 6) is 1.81. The molecule has 14 heavy (non-hydrogen) atoms. The third kappa shape index (κ3) is 1.71. The molecule has 0 spiro atoms. The lowest BCUT2D eigenvalue weighted by Crippen LogP contribution is -2.37. The molecule has 0 saturated carbocycles. The molecule has 0 amide bonds. The first-order valence-corrected chi connectivity index (χ1v) is 5.52. The highest BCUT2D eigenvalue weighted by Crippen LogP contribution is 2.36. The van der Waals surface area contributed by atoms with E-state index in [1.54, 1.807) is 6.26 Å². The molecule has 1 aromatic rings. The molecule has 1 aromatic heterocycles. The van der Waals surface area contributed by atoms with E-state index in [2.05, 4.69) is 25.2 Å². The van der Waals surface area contributed by atoms with Gasteiger partial charge in [-0.15, -0.1) is 0 Å².